The highest BCUT2D eigenvalue weighted by atomic mass is 35.5. The standard InChI is InChI=1S/C22H19ClN2O4S/c23-17-10-12-18(13-11-17)24-22(26)21-14-25(19-8-4-5-9-20(19)29-21)30(27,28)15-16-6-2-1-3-7-16/h1-13,21H,14-15H2,(H,24,26). The van der Waals surface area contributed by atoms with Gasteiger partial charge in [0.15, 0.2) is 6.10 Å². The summed E-state index contributed by atoms with van der Waals surface area (Å²) >= 11 is 5.88. The van der Waals surface area contributed by atoms with Crippen molar-refractivity contribution in [3.05, 3.63) is 89.4 Å². The van der Waals surface area contributed by atoms with Gasteiger partial charge in [0.1, 0.15) is 5.75 Å². The first-order valence-corrected chi connectivity index (χ1v) is 11.3. The summed E-state index contributed by atoms with van der Waals surface area (Å²) in [6.07, 6.45) is -0.999. The van der Waals surface area contributed by atoms with E-state index in [9.17, 15) is 13.2 Å². The van der Waals surface area contributed by atoms with Gasteiger partial charge in [-0.25, -0.2) is 8.42 Å². The van der Waals surface area contributed by atoms with Gasteiger partial charge in [-0.05, 0) is 42.0 Å². The van der Waals surface area contributed by atoms with Crippen LogP contribution in [0.2, 0.25) is 5.02 Å². The molecule has 1 atom stereocenters. The van der Waals surface area contributed by atoms with E-state index < -0.39 is 22.0 Å². The zero-order valence-corrected chi connectivity index (χ0v) is 17.4. The number of para-hydroxylation sites is 2. The third-order valence-corrected chi connectivity index (χ3v) is 6.63. The Kier molecular flexibility index (Phi) is 5.65. The molecule has 1 aliphatic heterocycles. The van der Waals surface area contributed by atoms with Gasteiger partial charge in [0, 0.05) is 10.7 Å². The van der Waals surface area contributed by atoms with Crippen molar-refractivity contribution in [3.8, 4) is 5.75 Å². The van der Waals surface area contributed by atoms with Crippen molar-refractivity contribution in [1.29, 1.82) is 0 Å². The number of fused-ring (bicyclic) bond motifs is 1. The van der Waals surface area contributed by atoms with Crippen LogP contribution in [-0.4, -0.2) is 27.0 Å². The Labute approximate surface area is 180 Å². The SMILES string of the molecule is O=C(Nc1ccc(Cl)cc1)C1CN(S(=O)(=O)Cc2ccccc2)c2ccccc2O1. The number of hydrogen-bond donors (Lipinski definition) is 1. The predicted octanol–water partition coefficient (Wildman–Crippen LogP) is 4.08. The monoisotopic (exact) mass is 442 g/mol. The summed E-state index contributed by atoms with van der Waals surface area (Å²) in [5.74, 6) is -0.267. The molecule has 3 aromatic carbocycles. The van der Waals surface area contributed by atoms with Crippen molar-refractivity contribution in [2.45, 2.75) is 11.9 Å². The van der Waals surface area contributed by atoms with E-state index in [1.54, 1.807) is 72.8 Å². The molecule has 4 rings (SSSR count). The van der Waals surface area contributed by atoms with Crippen LogP contribution in [0.5, 0.6) is 5.75 Å². The molecule has 3 aromatic rings. The normalized spacial score (nSPS) is 15.8. The number of ether oxygens (including phenoxy) is 1. The molecule has 1 aliphatic rings. The summed E-state index contributed by atoms with van der Waals surface area (Å²) in [5, 5.41) is 3.30. The molecule has 1 N–H and O–H groups in total. The molecule has 0 saturated heterocycles. The molecule has 0 saturated carbocycles. The molecule has 154 valence electrons. The molecule has 1 heterocycles. The minimum atomic E-state index is -3.74. The third-order valence-electron chi connectivity index (χ3n) is 4.67. The van der Waals surface area contributed by atoms with Crippen LogP contribution in [0.15, 0.2) is 78.9 Å². The highest BCUT2D eigenvalue weighted by molar-refractivity contribution is 7.92. The predicted molar refractivity (Wildman–Crippen MR) is 117 cm³/mol. The summed E-state index contributed by atoms with van der Waals surface area (Å²) in [6, 6.07) is 22.4. The average Bonchev–Trinajstić information content (AvgIpc) is 2.75. The molecule has 0 aliphatic carbocycles. The number of amides is 1. The lowest BCUT2D eigenvalue weighted by atomic mass is 10.2. The summed E-state index contributed by atoms with van der Waals surface area (Å²) < 4.78 is 33.5. The largest absolute Gasteiger partial charge is 0.476 e. The maximum absolute atomic E-state index is 13.2. The summed E-state index contributed by atoms with van der Waals surface area (Å²) in [4.78, 5) is 12.8. The van der Waals surface area contributed by atoms with Crippen molar-refractivity contribution in [2.75, 3.05) is 16.2 Å². The van der Waals surface area contributed by atoms with Gasteiger partial charge in [-0.15, -0.1) is 0 Å². The van der Waals surface area contributed by atoms with Gasteiger partial charge in [0.05, 0.1) is 18.0 Å². The highest BCUT2D eigenvalue weighted by Crippen LogP contribution is 2.36. The number of anilines is 2. The molecule has 6 nitrogen and oxygen atoms in total. The quantitative estimate of drug-likeness (QED) is 0.646. The van der Waals surface area contributed by atoms with E-state index in [1.807, 2.05) is 6.07 Å². The van der Waals surface area contributed by atoms with Crippen LogP contribution in [0.1, 0.15) is 5.56 Å². The first-order valence-electron chi connectivity index (χ1n) is 9.29. The van der Waals surface area contributed by atoms with E-state index in [1.165, 1.54) is 4.31 Å². The van der Waals surface area contributed by atoms with Crippen LogP contribution >= 0.6 is 11.6 Å². The fourth-order valence-electron chi connectivity index (χ4n) is 3.22. The van der Waals surface area contributed by atoms with Gasteiger partial charge in [-0.3, -0.25) is 9.10 Å². The number of sulfonamides is 1. The fourth-order valence-corrected chi connectivity index (χ4v) is 4.93. The van der Waals surface area contributed by atoms with Gasteiger partial charge in [-0.1, -0.05) is 54.1 Å². The minimum absolute atomic E-state index is 0.119. The molecular weight excluding hydrogens is 424 g/mol. The van der Waals surface area contributed by atoms with Gasteiger partial charge in [-0.2, -0.15) is 0 Å². The summed E-state index contributed by atoms with van der Waals surface area (Å²) in [6.45, 7) is -0.119. The van der Waals surface area contributed by atoms with E-state index in [0.717, 1.165) is 0 Å². The molecule has 30 heavy (non-hydrogen) atoms. The second kappa shape index (κ2) is 8.38. The lowest BCUT2D eigenvalue weighted by Crippen LogP contribution is -2.49. The number of nitrogens with one attached hydrogen (secondary N) is 1. The molecular formula is C22H19ClN2O4S. The zero-order chi connectivity index (χ0) is 21.1. The van der Waals surface area contributed by atoms with Gasteiger partial charge in [0.2, 0.25) is 10.0 Å². The van der Waals surface area contributed by atoms with Crippen LogP contribution in [0.3, 0.4) is 0 Å². The van der Waals surface area contributed by atoms with Crippen molar-refractivity contribution in [2.24, 2.45) is 0 Å². The zero-order valence-electron chi connectivity index (χ0n) is 15.9. The van der Waals surface area contributed by atoms with Crippen LogP contribution in [0, 0.1) is 0 Å². The number of carbonyl (C=O) groups is 1. The van der Waals surface area contributed by atoms with Crippen LogP contribution in [0.4, 0.5) is 11.4 Å². The number of halogens is 1. The minimum Gasteiger partial charge on any atom is -0.476 e. The van der Waals surface area contributed by atoms with Crippen molar-refractivity contribution < 1.29 is 17.9 Å². The van der Waals surface area contributed by atoms with E-state index in [-0.39, 0.29) is 12.3 Å². The maximum Gasteiger partial charge on any atom is 0.267 e. The Bertz CT molecular complexity index is 1150. The van der Waals surface area contributed by atoms with E-state index >= 15 is 0 Å². The topological polar surface area (TPSA) is 75.7 Å². The van der Waals surface area contributed by atoms with Gasteiger partial charge < -0.3 is 10.1 Å². The Morgan fingerprint density at radius 1 is 1.00 bits per heavy atom. The molecule has 0 fully saturated rings. The van der Waals surface area contributed by atoms with Crippen molar-refractivity contribution in [1.82, 2.24) is 0 Å². The lowest BCUT2D eigenvalue weighted by Gasteiger charge is -2.34. The van der Waals surface area contributed by atoms with Crippen LogP contribution < -0.4 is 14.4 Å². The fraction of sp³-hybridized carbons (Fsp3) is 0.136. The van der Waals surface area contributed by atoms with Gasteiger partial charge >= 0.3 is 0 Å². The number of rotatable bonds is 5. The molecule has 1 amide bonds. The second-order valence-electron chi connectivity index (χ2n) is 6.84. The Morgan fingerprint density at radius 2 is 1.67 bits per heavy atom. The number of nitrogens with zero attached hydrogens (tertiary/aromatic N) is 1. The van der Waals surface area contributed by atoms with E-state index in [4.69, 9.17) is 16.3 Å². The summed E-state index contributed by atoms with van der Waals surface area (Å²) in [7, 11) is -3.74. The second-order valence-corrected chi connectivity index (χ2v) is 9.17. The number of carbonyl (C=O) groups excluding carboxylic acids is 1. The van der Waals surface area contributed by atoms with Gasteiger partial charge in [0.25, 0.3) is 5.91 Å². The molecule has 1 unspecified atom stereocenters. The van der Waals surface area contributed by atoms with E-state index in [0.29, 0.717) is 27.7 Å². The third kappa shape index (κ3) is 4.42. The maximum atomic E-state index is 13.2. The smallest absolute Gasteiger partial charge is 0.267 e. The van der Waals surface area contributed by atoms with Crippen LogP contribution in [0.25, 0.3) is 0 Å². The van der Waals surface area contributed by atoms with Crippen molar-refractivity contribution >= 4 is 38.9 Å². The molecule has 0 bridgehead atoms. The molecule has 0 spiro atoms. The van der Waals surface area contributed by atoms with Crippen molar-refractivity contribution in [3.63, 3.8) is 0 Å². The highest BCUT2D eigenvalue weighted by Gasteiger charge is 2.36. The molecule has 8 heteroatoms. The van der Waals surface area contributed by atoms with E-state index in [2.05, 4.69) is 5.32 Å². The first-order chi connectivity index (χ1) is 14.4. The number of benzene rings is 3. The Morgan fingerprint density at radius 3 is 2.40 bits per heavy atom. The first kappa shape index (κ1) is 20.3. The number of hydrogen-bond acceptors (Lipinski definition) is 4. The molecule has 0 aromatic heterocycles. The molecule has 0 radical (unpaired) electrons. The van der Waals surface area contributed by atoms with Crippen LogP contribution in [-0.2, 0) is 20.6 Å². The summed E-state index contributed by atoms with van der Waals surface area (Å²) in [5.41, 5.74) is 1.64. The average molecular weight is 443 g/mol. The Balaban J connectivity index is 1.60. The lowest BCUT2D eigenvalue weighted by molar-refractivity contribution is -0.122. The Hall–Kier alpha value is -3.03.